The molecule has 166 valence electrons. The number of carbonyl (C=O) groups excluding carboxylic acids is 1. The van der Waals surface area contributed by atoms with Crippen molar-refractivity contribution in [2.45, 2.75) is 86.0 Å². The van der Waals surface area contributed by atoms with Gasteiger partial charge in [0.05, 0.1) is 11.6 Å². The van der Waals surface area contributed by atoms with Gasteiger partial charge in [-0.3, -0.25) is 0 Å². The van der Waals surface area contributed by atoms with Crippen LogP contribution < -0.4 is 5.32 Å². The molecule has 30 heavy (non-hydrogen) atoms. The molecule has 1 amide bonds. The van der Waals surface area contributed by atoms with Crippen molar-refractivity contribution in [1.29, 1.82) is 5.26 Å². The number of rotatable bonds is 5. The first kappa shape index (κ1) is 33.6. The van der Waals surface area contributed by atoms with E-state index in [4.69, 9.17) is 10.1 Å². The molecule has 1 aromatic rings. The van der Waals surface area contributed by atoms with E-state index in [1.54, 1.807) is 0 Å². The van der Waals surface area contributed by atoms with Crippen LogP contribution in [-0.4, -0.2) is 13.5 Å². The van der Waals surface area contributed by atoms with Gasteiger partial charge in [-0.2, -0.15) is 24.5 Å². The van der Waals surface area contributed by atoms with Crippen molar-refractivity contribution in [3.8, 4) is 6.07 Å². The summed E-state index contributed by atoms with van der Waals surface area (Å²) in [6.07, 6.45) is 19.3. The van der Waals surface area contributed by atoms with Crippen LogP contribution in [0.1, 0.15) is 88.8 Å². The first-order valence-electron chi connectivity index (χ1n) is 10.9. The molecule has 1 aliphatic carbocycles. The van der Waals surface area contributed by atoms with Gasteiger partial charge in [-0.1, -0.05) is 70.1 Å². The van der Waals surface area contributed by atoms with Crippen LogP contribution in [0, 0.1) is 68.6 Å². The zero-order chi connectivity index (χ0) is 22.3. The maximum absolute atomic E-state index is 8.94. The maximum Gasteiger partial charge on any atom is 2.00 e. The molecule has 0 radical (unpaired) electrons. The first-order chi connectivity index (χ1) is 14.0. The number of benzene rings is 1. The number of nitrogens with zero attached hydrogens (tertiary/aromatic N) is 1. The number of hydrogen-bond acceptors (Lipinski definition) is 2. The van der Waals surface area contributed by atoms with Gasteiger partial charge in [-0.15, -0.1) is 0 Å². The van der Waals surface area contributed by atoms with E-state index in [9.17, 15) is 0 Å². The predicted octanol–water partition coefficient (Wildman–Crippen LogP) is 6.99. The van der Waals surface area contributed by atoms with E-state index >= 15 is 0 Å². The zero-order valence-electron chi connectivity index (χ0n) is 20.1. The van der Waals surface area contributed by atoms with E-state index in [1.807, 2.05) is 39.0 Å². The van der Waals surface area contributed by atoms with Crippen molar-refractivity contribution in [3.63, 3.8) is 0 Å². The summed E-state index contributed by atoms with van der Waals surface area (Å²) in [6, 6.07) is 7.79. The van der Waals surface area contributed by atoms with Crippen LogP contribution in [0.15, 0.2) is 30.4 Å². The van der Waals surface area contributed by atoms with Crippen LogP contribution >= 0.6 is 0 Å². The number of aryl methyl sites for hydroxylation is 2. The van der Waals surface area contributed by atoms with E-state index in [1.165, 1.54) is 69.5 Å². The average Bonchev–Trinajstić information content (AvgIpc) is 2.76. The van der Waals surface area contributed by atoms with Gasteiger partial charge >= 0.3 is 31.1 Å². The number of unbranched alkanes of at least 4 members (excludes halogenated alkanes) is 1. The van der Waals surface area contributed by atoms with Gasteiger partial charge in [0.25, 0.3) is 0 Å². The van der Waals surface area contributed by atoms with Gasteiger partial charge in [-0.25, -0.2) is 0 Å². The second-order valence-electron chi connectivity index (χ2n) is 7.20. The monoisotopic (exact) mass is 636 g/mol. The van der Waals surface area contributed by atoms with Gasteiger partial charge < -0.3 is 16.5 Å². The number of nitriles is 1. The van der Waals surface area contributed by atoms with Gasteiger partial charge in [0.15, 0.2) is 0 Å². The Hall–Kier alpha value is -1.03. The number of amides is 1. The van der Waals surface area contributed by atoms with Crippen LogP contribution in [0.2, 0.25) is 0 Å². The predicted molar refractivity (Wildman–Crippen MR) is 126 cm³/mol. The smallest absolute Gasteiger partial charge is 0.532 e. The molecule has 1 unspecified atom stereocenters. The second kappa shape index (κ2) is 26.0. The summed E-state index contributed by atoms with van der Waals surface area (Å²) in [4.78, 5) is 8.94. The Morgan fingerprint density at radius 2 is 1.97 bits per heavy atom. The van der Waals surface area contributed by atoms with Crippen LogP contribution in [0.25, 0.3) is 0 Å². The molecule has 3 nitrogen and oxygen atoms in total. The van der Waals surface area contributed by atoms with Crippen molar-refractivity contribution in [1.82, 2.24) is 5.32 Å². The molecule has 0 saturated heterocycles. The summed E-state index contributed by atoms with van der Waals surface area (Å²) in [5.41, 5.74) is 3.15. The molecule has 0 heterocycles. The standard InChI is InChI=1S/C10H19.C9H9N.C5H10.C2H4NO.U/c1-2-3-7-10-8-5-4-6-9-10;1-7-3-4-9(6-10)5-8(7)2;1-3-5-4-2;1-3-2-4;/h5,10H,2-4,6-9H2,1H3;3-5H,1-2H3;3,5H,4H2,1-2H3;1H3,(H,3,4);/q-1;;;-1;+2/b;;5-3-;;. The number of nitrogens with one attached hydrogen (secondary N) is 1. The van der Waals surface area contributed by atoms with Crippen molar-refractivity contribution < 1.29 is 35.9 Å². The third-order valence-electron chi connectivity index (χ3n) is 4.70. The van der Waals surface area contributed by atoms with Gasteiger partial charge in [0, 0.05) is 0 Å². The van der Waals surface area contributed by atoms with Crippen LogP contribution in [0.4, 0.5) is 0 Å². The summed E-state index contributed by atoms with van der Waals surface area (Å²) < 4.78 is 0. The molecule has 0 bridgehead atoms. The molecule has 1 fully saturated rings. The van der Waals surface area contributed by atoms with E-state index in [0.29, 0.717) is 0 Å². The van der Waals surface area contributed by atoms with E-state index in [-0.39, 0.29) is 31.1 Å². The topological polar surface area (TPSA) is 52.9 Å². The molecular formula is C26H42N2OU. The fraction of sp³-hybridized carbons (Fsp3) is 0.577. The minimum absolute atomic E-state index is 0. The molecule has 0 spiro atoms. The Morgan fingerprint density at radius 3 is 2.33 bits per heavy atom. The average molecular weight is 637 g/mol. The van der Waals surface area contributed by atoms with Gasteiger partial charge in [-0.05, 0) is 57.5 Å². The maximum atomic E-state index is 8.94. The number of hydrogen-bond donors (Lipinski definition) is 1. The largest absolute Gasteiger partial charge is 2.00 e. The Morgan fingerprint density at radius 1 is 1.30 bits per heavy atom. The molecule has 1 atom stereocenters. The third kappa shape index (κ3) is 21.7. The minimum atomic E-state index is 0. The van der Waals surface area contributed by atoms with Crippen LogP contribution in [0.3, 0.4) is 0 Å². The Labute approximate surface area is 210 Å². The van der Waals surface area contributed by atoms with Crippen molar-refractivity contribution >= 4 is 6.41 Å². The molecule has 2 rings (SSSR count). The van der Waals surface area contributed by atoms with Gasteiger partial charge in [0.1, 0.15) is 0 Å². The summed E-state index contributed by atoms with van der Waals surface area (Å²) in [7, 11) is 1.51. The quantitative estimate of drug-likeness (QED) is 0.215. The van der Waals surface area contributed by atoms with Crippen molar-refractivity contribution in [2.24, 2.45) is 5.92 Å². The molecule has 0 aromatic heterocycles. The molecule has 4 heteroatoms. The molecule has 1 aromatic carbocycles. The van der Waals surface area contributed by atoms with Crippen molar-refractivity contribution in [2.75, 3.05) is 7.05 Å². The molecule has 1 N–H and O–H groups in total. The molecular weight excluding hydrogens is 594 g/mol. The first-order valence-corrected chi connectivity index (χ1v) is 10.9. The van der Waals surface area contributed by atoms with E-state index in [2.05, 4.69) is 43.8 Å². The fourth-order valence-electron chi connectivity index (χ4n) is 2.82. The third-order valence-corrected chi connectivity index (χ3v) is 4.70. The summed E-state index contributed by atoms with van der Waals surface area (Å²) in [6.45, 7) is 10.5. The number of allylic oxidation sites excluding steroid dienone is 2. The fourth-order valence-corrected chi connectivity index (χ4v) is 2.82. The Bertz CT molecular complexity index is 573. The molecule has 1 saturated carbocycles. The van der Waals surface area contributed by atoms with E-state index < -0.39 is 0 Å². The molecule has 0 aliphatic heterocycles. The molecule has 1 aliphatic rings. The summed E-state index contributed by atoms with van der Waals surface area (Å²) >= 11 is 0. The normalized spacial score (nSPS) is 14.2. The Balaban J connectivity index is -0.000000344. The summed E-state index contributed by atoms with van der Waals surface area (Å²) in [5, 5.41) is 10.6. The second-order valence-corrected chi connectivity index (χ2v) is 7.20. The minimum Gasteiger partial charge on any atom is -0.532 e. The van der Waals surface area contributed by atoms with Crippen molar-refractivity contribution in [3.05, 3.63) is 53.5 Å². The van der Waals surface area contributed by atoms with Crippen LogP contribution in [0.5, 0.6) is 0 Å². The SMILES string of the molecule is C/C=C\CC.CCCCC1C[CH-]CCC1.CN[C-]=O.Cc1ccc(C#N)cc1C.[U+2]. The Kier molecular flexibility index (Phi) is 29.1. The van der Waals surface area contributed by atoms with Gasteiger partial charge in [0.2, 0.25) is 0 Å². The summed E-state index contributed by atoms with van der Waals surface area (Å²) in [5.74, 6) is 1.05. The van der Waals surface area contributed by atoms with Crippen LogP contribution in [-0.2, 0) is 4.79 Å². The zero-order valence-corrected chi connectivity index (χ0v) is 24.2. The van der Waals surface area contributed by atoms with E-state index in [0.717, 1.165) is 17.9 Å².